The van der Waals surface area contributed by atoms with Crippen molar-refractivity contribution in [2.24, 2.45) is 0 Å². The molecule has 3 amide bonds. The highest BCUT2D eigenvalue weighted by Crippen LogP contribution is 2.27. The number of halogens is 1. The van der Waals surface area contributed by atoms with E-state index in [-0.39, 0.29) is 35.0 Å². The van der Waals surface area contributed by atoms with E-state index in [9.17, 15) is 19.5 Å². The number of urea groups is 1. The fourth-order valence-electron chi connectivity index (χ4n) is 4.66. The van der Waals surface area contributed by atoms with Crippen molar-refractivity contribution in [3.05, 3.63) is 107 Å². The van der Waals surface area contributed by atoms with Crippen molar-refractivity contribution in [2.45, 2.75) is 37.8 Å². The Balaban J connectivity index is 1.06. The van der Waals surface area contributed by atoms with Gasteiger partial charge in [0.1, 0.15) is 11.5 Å². The van der Waals surface area contributed by atoms with Gasteiger partial charge in [-0.1, -0.05) is 28.1 Å². The monoisotopic (exact) mass is 644 g/mol. The van der Waals surface area contributed by atoms with E-state index in [1.165, 1.54) is 18.3 Å². The maximum Gasteiger partial charge on any atom is 0.337 e. The van der Waals surface area contributed by atoms with Crippen LogP contribution in [0.1, 0.15) is 46.4 Å². The van der Waals surface area contributed by atoms with Gasteiger partial charge in [-0.15, -0.1) is 0 Å². The Bertz CT molecular complexity index is 1570. The number of nitrogens with zero attached hydrogens (tertiary/aromatic N) is 1. The number of carbonyl (C=O) groups is 3. The molecule has 43 heavy (non-hydrogen) atoms. The quantitative estimate of drug-likeness (QED) is 0.152. The second-order valence-corrected chi connectivity index (χ2v) is 10.9. The first-order valence-electron chi connectivity index (χ1n) is 13.7. The first-order chi connectivity index (χ1) is 20.8. The number of hydrogen-bond acceptors (Lipinski definition) is 6. The van der Waals surface area contributed by atoms with Gasteiger partial charge in [0.15, 0.2) is 0 Å². The molecule has 0 spiro atoms. The molecule has 1 aromatic heterocycles. The molecule has 3 aromatic carbocycles. The minimum Gasteiger partial charge on any atom is -0.490 e. The first-order valence-corrected chi connectivity index (χ1v) is 14.5. The van der Waals surface area contributed by atoms with Gasteiger partial charge >= 0.3 is 12.0 Å². The molecule has 1 saturated carbocycles. The van der Waals surface area contributed by atoms with Crippen LogP contribution in [0.5, 0.6) is 17.4 Å². The molecule has 1 aliphatic carbocycles. The minimum absolute atomic E-state index is 0.00158. The van der Waals surface area contributed by atoms with Crippen LogP contribution in [0.2, 0.25) is 0 Å². The first kappa shape index (κ1) is 29.6. The average molecular weight is 646 g/mol. The van der Waals surface area contributed by atoms with E-state index in [1.807, 2.05) is 36.4 Å². The second kappa shape index (κ2) is 13.8. The van der Waals surface area contributed by atoms with Crippen LogP contribution in [-0.2, 0) is 0 Å². The third-order valence-corrected chi connectivity index (χ3v) is 7.39. The summed E-state index contributed by atoms with van der Waals surface area (Å²) < 4.78 is 12.9. The second-order valence-electron chi connectivity index (χ2n) is 9.96. The number of carboxylic acids is 1. The molecule has 1 fully saturated rings. The van der Waals surface area contributed by atoms with Gasteiger partial charge in [-0.25, -0.2) is 14.6 Å². The van der Waals surface area contributed by atoms with Gasteiger partial charge in [0, 0.05) is 28.5 Å². The number of rotatable bonds is 9. The number of nitrogens with one attached hydrogen (secondary N) is 3. The lowest BCUT2D eigenvalue weighted by Crippen LogP contribution is -2.41. The lowest BCUT2D eigenvalue weighted by molar-refractivity contribution is 0.0698. The number of amides is 3. The van der Waals surface area contributed by atoms with E-state index < -0.39 is 11.9 Å². The van der Waals surface area contributed by atoms with Crippen LogP contribution in [0.15, 0.2) is 95.6 Å². The lowest BCUT2D eigenvalue weighted by Gasteiger charge is -2.29. The van der Waals surface area contributed by atoms with E-state index in [4.69, 9.17) is 9.47 Å². The number of pyridine rings is 1. The fourth-order valence-corrected chi connectivity index (χ4v) is 4.92. The summed E-state index contributed by atoms with van der Waals surface area (Å²) >= 11 is 3.38. The summed E-state index contributed by atoms with van der Waals surface area (Å²) in [6.07, 6.45) is 4.72. The molecule has 0 aliphatic heterocycles. The maximum absolute atomic E-state index is 12.6. The Morgan fingerprint density at radius 1 is 0.814 bits per heavy atom. The predicted octanol–water partition coefficient (Wildman–Crippen LogP) is 7.10. The average Bonchev–Trinajstić information content (AvgIpc) is 3.01. The third kappa shape index (κ3) is 8.32. The van der Waals surface area contributed by atoms with Crippen molar-refractivity contribution >= 4 is 45.2 Å². The van der Waals surface area contributed by atoms with E-state index in [1.54, 1.807) is 36.4 Å². The summed E-state index contributed by atoms with van der Waals surface area (Å²) in [5.74, 6) is -0.0434. The summed E-state index contributed by atoms with van der Waals surface area (Å²) in [7, 11) is 0. The molecule has 0 unspecified atom stereocenters. The molecule has 220 valence electrons. The Morgan fingerprint density at radius 2 is 1.51 bits per heavy atom. The highest BCUT2D eigenvalue weighted by atomic mass is 79.9. The van der Waals surface area contributed by atoms with Gasteiger partial charge in [-0.2, -0.15) is 0 Å². The summed E-state index contributed by atoms with van der Waals surface area (Å²) in [4.78, 5) is 40.5. The molecule has 1 aliphatic rings. The zero-order valence-corrected chi connectivity index (χ0v) is 24.5. The third-order valence-electron chi connectivity index (χ3n) is 6.86. The molecule has 1 heterocycles. The Labute approximate surface area is 256 Å². The predicted molar refractivity (Wildman–Crippen MR) is 165 cm³/mol. The summed E-state index contributed by atoms with van der Waals surface area (Å²) in [6.45, 7) is 0. The largest absolute Gasteiger partial charge is 0.490 e. The summed E-state index contributed by atoms with van der Waals surface area (Å²) in [5.41, 5.74) is 1.19. The number of anilines is 2. The van der Waals surface area contributed by atoms with Gasteiger partial charge in [-0.3, -0.25) is 4.79 Å². The number of carbonyl (C=O) groups excluding carboxylic acids is 2. The lowest BCUT2D eigenvalue weighted by atomic mass is 9.93. The molecule has 4 aromatic rings. The molecule has 0 atom stereocenters. The van der Waals surface area contributed by atoms with E-state index in [0.717, 1.165) is 41.6 Å². The van der Waals surface area contributed by atoms with E-state index in [2.05, 4.69) is 36.9 Å². The van der Waals surface area contributed by atoms with Crippen LogP contribution >= 0.6 is 15.9 Å². The molecular formula is C32H29BrN4O6. The van der Waals surface area contributed by atoms with Gasteiger partial charge < -0.3 is 30.5 Å². The van der Waals surface area contributed by atoms with Gasteiger partial charge in [-0.05, 0) is 92.4 Å². The molecule has 4 N–H and O–H groups in total. The molecule has 0 saturated heterocycles. The molecule has 0 bridgehead atoms. The van der Waals surface area contributed by atoms with Gasteiger partial charge in [0.2, 0.25) is 5.88 Å². The topological polar surface area (TPSA) is 139 Å². The number of benzene rings is 3. The van der Waals surface area contributed by atoms with Crippen LogP contribution in [0.3, 0.4) is 0 Å². The van der Waals surface area contributed by atoms with Crippen LogP contribution in [0, 0.1) is 0 Å². The van der Waals surface area contributed by atoms with Crippen LogP contribution in [0.4, 0.5) is 16.2 Å². The summed E-state index contributed by atoms with van der Waals surface area (Å²) in [6, 6.07) is 23.8. The van der Waals surface area contributed by atoms with Crippen molar-refractivity contribution in [1.29, 1.82) is 0 Å². The van der Waals surface area contributed by atoms with E-state index >= 15 is 0 Å². The normalized spacial score (nSPS) is 16.0. The molecule has 10 nitrogen and oxygen atoms in total. The number of carboxylic acid groups (broad SMARTS) is 1. The highest BCUT2D eigenvalue weighted by Gasteiger charge is 2.24. The number of ether oxygens (including phenoxy) is 2. The maximum atomic E-state index is 12.6. The molecule has 5 rings (SSSR count). The zero-order valence-electron chi connectivity index (χ0n) is 23.0. The number of aromatic carboxylic acids is 1. The van der Waals surface area contributed by atoms with Crippen LogP contribution in [0.25, 0.3) is 0 Å². The van der Waals surface area contributed by atoms with Crippen molar-refractivity contribution < 1.29 is 29.0 Å². The fraction of sp³-hybridized carbons (Fsp3) is 0.188. The Morgan fingerprint density at radius 3 is 2.19 bits per heavy atom. The van der Waals surface area contributed by atoms with Gasteiger partial charge in [0.25, 0.3) is 5.91 Å². The zero-order chi connectivity index (χ0) is 30.2. The number of aromatic nitrogens is 1. The van der Waals surface area contributed by atoms with Crippen molar-refractivity contribution in [1.82, 2.24) is 10.3 Å². The number of para-hydroxylation sites is 1. The smallest absolute Gasteiger partial charge is 0.337 e. The number of hydrogen-bond donors (Lipinski definition) is 4. The standard InChI is InChI=1S/C32H29BrN4O6/c33-21-6-8-22(9-7-21)35-32(41)36-23-10-12-24(13-11-23)42-25-14-16-26(17-15-25)43-29-18-5-20(19-34-29)30(38)37-28-4-2-1-3-27(28)31(39)40/h1-9,14-19,23-24H,10-13H2,(H,37,38)(H,39,40)(H2,35,36,41). The molecule has 0 radical (unpaired) electrons. The van der Waals surface area contributed by atoms with Crippen LogP contribution < -0.4 is 25.4 Å². The highest BCUT2D eigenvalue weighted by molar-refractivity contribution is 9.10. The Kier molecular flexibility index (Phi) is 9.52. The molecule has 11 heteroatoms. The minimum atomic E-state index is -1.13. The van der Waals surface area contributed by atoms with Crippen molar-refractivity contribution in [3.63, 3.8) is 0 Å². The van der Waals surface area contributed by atoms with Crippen molar-refractivity contribution in [2.75, 3.05) is 10.6 Å². The summed E-state index contributed by atoms with van der Waals surface area (Å²) in [5, 5.41) is 17.8. The van der Waals surface area contributed by atoms with Crippen LogP contribution in [-0.4, -0.2) is 40.1 Å². The van der Waals surface area contributed by atoms with Crippen molar-refractivity contribution in [3.8, 4) is 17.4 Å². The molecular weight excluding hydrogens is 616 g/mol. The van der Waals surface area contributed by atoms with E-state index in [0.29, 0.717) is 11.6 Å². The van der Waals surface area contributed by atoms with Gasteiger partial charge in [0.05, 0.1) is 22.9 Å². The SMILES string of the molecule is O=C(Nc1ccc(Br)cc1)NC1CCC(Oc2ccc(Oc3ccc(C(=O)Nc4ccccc4C(=O)O)cn3)cc2)CC1. The Hall–Kier alpha value is -4.90.